The average molecular weight is 676 g/mol. The lowest BCUT2D eigenvalue weighted by atomic mass is 9.95. The molecule has 0 bridgehead atoms. The molecule has 0 saturated heterocycles. The van der Waals surface area contributed by atoms with Gasteiger partial charge in [-0.2, -0.15) is 0 Å². The van der Waals surface area contributed by atoms with Gasteiger partial charge in [-0.3, -0.25) is 19.3 Å². The van der Waals surface area contributed by atoms with Crippen LogP contribution in [0, 0.1) is 11.7 Å². The van der Waals surface area contributed by atoms with Crippen molar-refractivity contribution >= 4 is 29.1 Å². The van der Waals surface area contributed by atoms with E-state index in [2.05, 4.69) is 38.3 Å². The molecule has 3 amide bonds. The first kappa shape index (κ1) is 40.3. The maximum Gasteiger partial charge on any atom is 0.270 e. The third kappa shape index (κ3) is 14.4. The summed E-state index contributed by atoms with van der Waals surface area (Å²) >= 11 is 1.39. The number of nitrogens with one attached hydrogen (secondary N) is 2. The van der Waals surface area contributed by atoms with E-state index in [1.54, 1.807) is 17.5 Å². The number of likely N-dealkylation sites (N-methyl/N-ethyl adjacent to an activating group) is 1. The molecule has 47 heavy (non-hydrogen) atoms. The van der Waals surface area contributed by atoms with E-state index in [0.717, 1.165) is 50.6 Å². The third-order valence-corrected chi connectivity index (χ3v) is 9.01. The summed E-state index contributed by atoms with van der Waals surface area (Å²) in [6, 6.07) is 6.12. The Morgan fingerprint density at radius 3 is 2.34 bits per heavy atom. The van der Waals surface area contributed by atoms with E-state index in [4.69, 9.17) is 9.72 Å². The Bertz CT molecular complexity index is 1210. The van der Waals surface area contributed by atoms with Crippen molar-refractivity contribution in [1.29, 1.82) is 0 Å². The highest BCUT2D eigenvalue weighted by Crippen LogP contribution is 2.31. The molecule has 1 aromatic heterocycles. The predicted octanol–water partition coefficient (Wildman–Crippen LogP) is 6.39. The second kappa shape index (κ2) is 21.9. The zero-order valence-corrected chi connectivity index (χ0v) is 30.5. The molecule has 1 aromatic carbocycles. The molecule has 1 heterocycles. The molecule has 264 valence electrons. The van der Waals surface area contributed by atoms with E-state index in [9.17, 15) is 18.8 Å². The van der Waals surface area contributed by atoms with E-state index >= 15 is 0 Å². The van der Waals surface area contributed by atoms with Crippen LogP contribution in [0.5, 0.6) is 0 Å². The van der Waals surface area contributed by atoms with Crippen LogP contribution in [-0.4, -0.2) is 84.4 Å². The maximum atomic E-state index is 13.5. The minimum atomic E-state index is -0.395. The summed E-state index contributed by atoms with van der Waals surface area (Å²) in [7, 11) is 1.91. The molecule has 2 rings (SSSR count). The van der Waals surface area contributed by atoms with Crippen molar-refractivity contribution in [2.24, 2.45) is 5.92 Å². The summed E-state index contributed by atoms with van der Waals surface area (Å²) in [5, 5.41) is 8.42. The molecule has 0 aliphatic carbocycles. The van der Waals surface area contributed by atoms with Crippen molar-refractivity contribution in [3.63, 3.8) is 0 Å². The van der Waals surface area contributed by atoms with Crippen LogP contribution in [0.3, 0.4) is 0 Å². The number of benzene rings is 1. The summed E-state index contributed by atoms with van der Waals surface area (Å²) < 4.78 is 19.7. The Labute approximate surface area is 286 Å². The van der Waals surface area contributed by atoms with Crippen LogP contribution in [0.15, 0.2) is 29.6 Å². The summed E-state index contributed by atoms with van der Waals surface area (Å²) in [6.45, 7) is 14.6. The fourth-order valence-corrected chi connectivity index (χ4v) is 6.42. The lowest BCUT2D eigenvalue weighted by Gasteiger charge is -2.36. The molecular weight excluding hydrogens is 617 g/mol. The van der Waals surface area contributed by atoms with Gasteiger partial charge in [-0.15, -0.1) is 11.3 Å². The van der Waals surface area contributed by atoms with Gasteiger partial charge in [0.25, 0.3) is 5.91 Å². The zero-order chi connectivity index (χ0) is 34.8. The number of aromatic nitrogens is 1. The quantitative estimate of drug-likeness (QED) is 0.142. The maximum absolute atomic E-state index is 13.5. The molecule has 2 N–H and O–H groups in total. The summed E-state index contributed by atoms with van der Waals surface area (Å²) in [4.78, 5) is 48.0. The minimum absolute atomic E-state index is 0.0530. The number of nitrogens with zero attached hydrogens (tertiary/aromatic N) is 3. The van der Waals surface area contributed by atoms with Gasteiger partial charge in [0.05, 0.1) is 13.1 Å². The number of hydrogen-bond donors (Lipinski definition) is 2. The molecule has 0 radical (unpaired) electrons. The Balaban J connectivity index is 2.17. The fraction of sp³-hybridized carbons (Fsp3) is 0.667. The van der Waals surface area contributed by atoms with Crippen LogP contribution >= 0.6 is 11.3 Å². The van der Waals surface area contributed by atoms with Crippen molar-refractivity contribution in [3.05, 3.63) is 51.7 Å². The van der Waals surface area contributed by atoms with Gasteiger partial charge >= 0.3 is 0 Å². The molecule has 3 atom stereocenters. The number of carbonyl (C=O) groups is 3. The highest BCUT2D eigenvalue weighted by molar-refractivity contribution is 7.09. The standard InChI is InChI=1S/C36H58FN5O4S/c1-8-12-19-41(7)24-33(43)38-23-34(44)42(18-10-3)31(26(5)6)22-32(46-20-11-4)36-40-30(25-47-36)35(45)39-29(13-9-2)21-27-14-16-28(37)17-15-27/h14-17,25-26,29,31-32H,8-13,18-24H2,1-7H3,(H,38,43)(H,39,45). The molecule has 2 aromatic rings. The smallest absolute Gasteiger partial charge is 0.270 e. The molecule has 0 fully saturated rings. The van der Waals surface area contributed by atoms with Crippen LogP contribution in [0.2, 0.25) is 0 Å². The number of amides is 3. The first-order valence-corrected chi connectivity index (χ1v) is 18.3. The van der Waals surface area contributed by atoms with Gasteiger partial charge in [0.15, 0.2) is 0 Å². The van der Waals surface area contributed by atoms with Crippen LogP contribution in [-0.2, 0) is 20.7 Å². The largest absolute Gasteiger partial charge is 0.371 e. The molecule has 11 heteroatoms. The second-order valence-electron chi connectivity index (χ2n) is 12.7. The fourth-order valence-electron chi connectivity index (χ4n) is 5.56. The summed E-state index contributed by atoms with van der Waals surface area (Å²) in [5.74, 6) is -0.688. The molecule has 0 aliphatic rings. The summed E-state index contributed by atoms with van der Waals surface area (Å²) in [5.41, 5.74) is 1.30. The number of carbonyl (C=O) groups excluding carboxylic acids is 3. The van der Waals surface area contributed by atoms with Crippen LogP contribution in [0.4, 0.5) is 4.39 Å². The first-order chi connectivity index (χ1) is 22.5. The highest BCUT2D eigenvalue weighted by Gasteiger charge is 2.31. The van der Waals surface area contributed by atoms with Gasteiger partial charge in [0.1, 0.15) is 22.6 Å². The number of rotatable bonds is 23. The van der Waals surface area contributed by atoms with Crippen LogP contribution < -0.4 is 10.6 Å². The molecular formula is C36H58FN5O4S. The second-order valence-corrected chi connectivity index (χ2v) is 13.6. The highest BCUT2D eigenvalue weighted by atomic mass is 32.1. The van der Waals surface area contributed by atoms with Crippen molar-refractivity contribution in [2.45, 2.75) is 111 Å². The zero-order valence-electron chi connectivity index (χ0n) is 29.6. The van der Waals surface area contributed by atoms with Crippen molar-refractivity contribution in [1.82, 2.24) is 25.4 Å². The van der Waals surface area contributed by atoms with Crippen LogP contribution in [0.1, 0.15) is 114 Å². The van der Waals surface area contributed by atoms with Crippen molar-refractivity contribution < 1.29 is 23.5 Å². The summed E-state index contributed by atoms with van der Waals surface area (Å²) in [6.07, 6.45) is 6.09. The Hall–Kier alpha value is -2.89. The van der Waals surface area contributed by atoms with Gasteiger partial charge in [-0.1, -0.05) is 66.5 Å². The molecule has 3 unspecified atom stereocenters. The van der Waals surface area contributed by atoms with Gasteiger partial charge in [0.2, 0.25) is 11.8 Å². The number of ether oxygens (including phenoxy) is 1. The molecule has 0 aliphatic heterocycles. The Kier molecular flexibility index (Phi) is 18.8. The average Bonchev–Trinajstić information content (AvgIpc) is 3.53. The lowest BCUT2D eigenvalue weighted by Crippen LogP contribution is -2.49. The normalized spacial score (nSPS) is 13.4. The first-order valence-electron chi connectivity index (χ1n) is 17.4. The number of unbranched alkanes of at least 4 members (excludes halogenated alkanes) is 1. The van der Waals surface area contributed by atoms with E-state index in [0.29, 0.717) is 36.7 Å². The molecule has 0 spiro atoms. The van der Waals surface area contributed by atoms with Gasteiger partial charge in [0, 0.05) is 37.0 Å². The van der Waals surface area contributed by atoms with E-state index in [1.165, 1.54) is 23.5 Å². The van der Waals surface area contributed by atoms with Gasteiger partial charge in [-0.05, 0) is 69.3 Å². The van der Waals surface area contributed by atoms with Gasteiger partial charge in [-0.25, -0.2) is 9.37 Å². The van der Waals surface area contributed by atoms with E-state index in [1.807, 2.05) is 30.7 Å². The Morgan fingerprint density at radius 1 is 1.00 bits per heavy atom. The minimum Gasteiger partial charge on any atom is -0.371 e. The molecule has 9 nitrogen and oxygen atoms in total. The topological polar surface area (TPSA) is 104 Å². The van der Waals surface area contributed by atoms with Crippen molar-refractivity contribution in [3.8, 4) is 0 Å². The Morgan fingerprint density at radius 2 is 1.72 bits per heavy atom. The SMILES string of the molecule is CCCCN(C)CC(=O)NCC(=O)N(CCC)C(CC(OCCC)c1nc(C(=O)NC(CCC)Cc2ccc(F)cc2)cs1)C(C)C. The number of halogens is 1. The number of hydrogen-bond acceptors (Lipinski definition) is 7. The number of thiazole rings is 1. The van der Waals surface area contributed by atoms with Gasteiger partial charge < -0.3 is 20.3 Å². The monoisotopic (exact) mass is 675 g/mol. The third-order valence-electron chi connectivity index (χ3n) is 8.07. The molecule has 0 saturated carbocycles. The van der Waals surface area contributed by atoms with E-state index in [-0.39, 0.29) is 54.6 Å². The lowest BCUT2D eigenvalue weighted by molar-refractivity contribution is -0.136. The predicted molar refractivity (Wildman–Crippen MR) is 188 cm³/mol. The van der Waals surface area contributed by atoms with E-state index < -0.39 is 6.10 Å². The van der Waals surface area contributed by atoms with Crippen molar-refractivity contribution in [2.75, 3.05) is 39.8 Å². The van der Waals surface area contributed by atoms with Crippen LogP contribution in [0.25, 0.3) is 0 Å².